The molecular weight excluding hydrogens is 332 g/mol. The molecule has 0 atom stereocenters. The first kappa shape index (κ1) is 15.3. The molecular formula is C16H15BrN2O2. The van der Waals surface area contributed by atoms with E-state index in [0.717, 1.165) is 10.0 Å². The Hall–Kier alpha value is -2.14. The number of amides is 2. The van der Waals surface area contributed by atoms with Crippen molar-refractivity contribution >= 4 is 39.1 Å². The second-order valence-electron chi connectivity index (χ2n) is 4.70. The zero-order valence-corrected chi connectivity index (χ0v) is 13.3. The molecule has 5 heteroatoms. The zero-order chi connectivity index (χ0) is 15.4. The zero-order valence-electron chi connectivity index (χ0n) is 11.7. The molecule has 2 rings (SSSR count). The predicted octanol–water partition coefficient (Wildman–Crippen LogP) is 3.97. The number of carbonyl (C=O) groups is 2. The van der Waals surface area contributed by atoms with Crippen molar-refractivity contribution in [3.8, 4) is 0 Å². The number of anilines is 2. The van der Waals surface area contributed by atoms with Gasteiger partial charge in [-0.2, -0.15) is 0 Å². The minimum absolute atomic E-state index is 0.129. The molecule has 2 N–H and O–H groups in total. The molecule has 21 heavy (non-hydrogen) atoms. The standard InChI is InChI=1S/C16H15BrN2O2/c1-10-3-8-15(17)14(9-10)16(21)19-13-6-4-12(5-7-13)18-11(2)20/h3-9H,1-2H3,(H,18,20)(H,19,21). The van der Waals surface area contributed by atoms with Crippen LogP contribution in [0, 0.1) is 6.92 Å². The topological polar surface area (TPSA) is 58.2 Å². The molecule has 108 valence electrons. The Morgan fingerprint density at radius 3 is 2.10 bits per heavy atom. The van der Waals surface area contributed by atoms with E-state index in [1.807, 2.05) is 25.1 Å². The Kier molecular flexibility index (Phi) is 4.75. The SMILES string of the molecule is CC(=O)Nc1ccc(NC(=O)c2cc(C)ccc2Br)cc1. The summed E-state index contributed by atoms with van der Waals surface area (Å²) in [6.07, 6.45) is 0. The summed E-state index contributed by atoms with van der Waals surface area (Å²) in [6, 6.07) is 12.6. The summed E-state index contributed by atoms with van der Waals surface area (Å²) in [7, 11) is 0. The van der Waals surface area contributed by atoms with E-state index < -0.39 is 0 Å². The molecule has 2 amide bonds. The number of aryl methyl sites for hydroxylation is 1. The first-order valence-corrected chi connectivity index (χ1v) is 7.20. The quantitative estimate of drug-likeness (QED) is 0.883. The molecule has 0 aliphatic rings. The molecule has 0 aliphatic heterocycles. The Morgan fingerprint density at radius 1 is 0.952 bits per heavy atom. The van der Waals surface area contributed by atoms with Crippen LogP contribution in [-0.4, -0.2) is 11.8 Å². The summed E-state index contributed by atoms with van der Waals surface area (Å²) in [6.45, 7) is 3.39. The van der Waals surface area contributed by atoms with Gasteiger partial charge >= 0.3 is 0 Å². The van der Waals surface area contributed by atoms with E-state index in [9.17, 15) is 9.59 Å². The van der Waals surface area contributed by atoms with Crippen LogP contribution < -0.4 is 10.6 Å². The second-order valence-corrected chi connectivity index (χ2v) is 5.55. The van der Waals surface area contributed by atoms with E-state index in [1.165, 1.54) is 6.92 Å². The molecule has 2 aromatic rings. The van der Waals surface area contributed by atoms with Crippen molar-refractivity contribution in [3.63, 3.8) is 0 Å². The summed E-state index contributed by atoms with van der Waals surface area (Å²) in [5.41, 5.74) is 2.96. The third kappa shape index (κ3) is 4.16. The highest BCUT2D eigenvalue weighted by Gasteiger charge is 2.10. The molecule has 2 aromatic carbocycles. The fraction of sp³-hybridized carbons (Fsp3) is 0.125. The largest absolute Gasteiger partial charge is 0.326 e. The van der Waals surface area contributed by atoms with Crippen molar-refractivity contribution in [3.05, 3.63) is 58.1 Å². The second kappa shape index (κ2) is 6.54. The highest BCUT2D eigenvalue weighted by atomic mass is 79.9. The number of hydrogen-bond donors (Lipinski definition) is 2. The van der Waals surface area contributed by atoms with E-state index in [4.69, 9.17) is 0 Å². The van der Waals surface area contributed by atoms with Crippen LogP contribution in [0.4, 0.5) is 11.4 Å². The monoisotopic (exact) mass is 346 g/mol. The summed E-state index contributed by atoms with van der Waals surface area (Å²) in [4.78, 5) is 23.2. The summed E-state index contributed by atoms with van der Waals surface area (Å²) in [5.74, 6) is -0.312. The van der Waals surface area contributed by atoms with Crippen molar-refractivity contribution in [2.24, 2.45) is 0 Å². The first-order valence-electron chi connectivity index (χ1n) is 6.41. The normalized spacial score (nSPS) is 10.0. The fourth-order valence-corrected chi connectivity index (χ4v) is 2.28. The smallest absolute Gasteiger partial charge is 0.256 e. The van der Waals surface area contributed by atoms with Gasteiger partial charge in [0.1, 0.15) is 0 Å². The molecule has 0 spiro atoms. The van der Waals surface area contributed by atoms with Gasteiger partial charge in [0.2, 0.25) is 5.91 Å². The van der Waals surface area contributed by atoms with E-state index in [0.29, 0.717) is 16.9 Å². The number of halogens is 1. The Morgan fingerprint density at radius 2 is 1.52 bits per heavy atom. The Bertz CT molecular complexity index is 681. The van der Waals surface area contributed by atoms with E-state index in [1.54, 1.807) is 24.3 Å². The van der Waals surface area contributed by atoms with Gasteiger partial charge < -0.3 is 10.6 Å². The summed E-state index contributed by atoms with van der Waals surface area (Å²) in [5, 5.41) is 5.50. The van der Waals surface area contributed by atoms with Gasteiger partial charge in [-0.1, -0.05) is 11.6 Å². The Balaban J connectivity index is 2.12. The molecule has 0 saturated carbocycles. The minimum atomic E-state index is -0.183. The van der Waals surface area contributed by atoms with Gasteiger partial charge in [-0.05, 0) is 59.3 Å². The lowest BCUT2D eigenvalue weighted by Crippen LogP contribution is -2.13. The first-order chi connectivity index (χ1) is 9.95. The van der Waals surface area contributed by atoms with Gasteiger partial charge in [-0.25, -0.2) is 0 Å². The summed E-state index contributed by atoms with van der Waals surface area (Å²) < 4.78 is 0.750. The van der Waals surface area contributed by atoms with Gasteiger partial charge in [0.05, 0.1) is 5.56 Å². The van der Waals surface area contributed by atoms with Crippen LogP contribution >= 0.6 is 15.9 Å². The third-order valence-corrected chi connectivity index (χ3v) is 3.52. The van der Waals surface area contributed by atoms with Crippen LogP contribution in [0.15, 0.2) is 46.9 Å². The molecule has 0 saturated heterocycles. The molecule has 0 bridgehead atoms. The highest BCUT2D eigenvalue weighted by molar-refractivity contribution is 9.10. The molecule has 0 unspecified atom stereocenters. The molecule has 0 aliphatic carbocycles. The van der Waals surface area contributed by atoms with Gasteiger partial charge in [0.25, 0.3) is 5.91 Å². The maximum Gasteiger partial charge on any atom is 0.256 e. The fourth-order valence-electron chi connectivity index (χ4n) is 1.85. The lowest BCUT2D eigenvalue weighted by molar-refractivity contribution is -0.114. The summed E-state index contributed by atoms with van der Waals surface area (Å²) >= 11 is 3.37. The van der Waals surface area contributed by atoms with Crippen molar-refractivity contribution in [2.45, 2.75) is 13.8 Å². The number of nitrogens with one attached hydrogen (secondary N) is 2. The molecule has 0 fully saturated rings. The third-order valence-electron chi connectivity index (χ3n) is 2.83. The van der Waals surface area contributed by atoms with E-state index >= 15 is 0 Å². The van der Waals surface area contributed by atoms with E-state index in [-0.39, 0.29) is 11.8 Å². The minimum Gasteiger partial charge on any atom is -0.326 e. The van der Waals surface area contributed by atoms with Crippen molar-refractivity contribution in [2.75, 3.05) is 10.6 Å². The van der Waals surface area contributed by atoms with Crippen molar-refractivity contribution in [1.29, 1.82) is 0 Å². The average Bonchev–Trinajstić information content (AvgIpc) is 2.43. The average molecular weight is 347 g/mol. The molecule has 4 nitrogen and oxygen atoms in total. The van der Waals surface area contributed by atoms with E-state index in [2.05, 4.69) is 26.6 Å². The lowest BCUT2D eigenvalue weighted by atomic mass is 10.1. The van der Waals surface area contributed by atoms with Crippen LogP contribution in [0.3, 0.4) is 0 Å². The molecule has 0 radical (unpaired) electrons. The van der Waals surface area contributed by atoms with Crippen LogP contribution in [0.5, 0.6) is 0 Å². The number of carbonyl (C=O) groups excluding carboxylic acids is 2. The maximum absolute atomic E-state index is 12.2. The number of hydrogen-bond acceptors (Lipinski definition) is 2. The van der Waals surface area contributed by atoms with Gasteiger partial charge in [-0.15, -0.1) is 0 Å². The van der Waals surface area contributed by atoms with Crippen molar-refractivity contribution in [1.82, 2.24) is 0 Å². The van der Waals surface area contributed by atoms with Gasteiger partial charge in [0, 0.05) is 22.8 Å². The number of rotatable bonds is 3. The molecule has 0 aromatic heterocycles. The van der Waals surface area contributed by atoms with Crippen LogP contribution in [-0.2, 0) is 4.79 Å². The maximum atomic E-state index is 12.2. The molecule has 0 heterocycles. The van der Waals surface area contributed by atoms with Gasteiger partial charge in [-0.3, -0.25) is 9.59 Å². The van der Waals surface area contributed by atoms with Crippen LogP contribution in [0.25, 0.3) is 0 Å². The predicted molar refractivity (Wildman–Crippen MR) is 87.6 cm³/mol. The highest BCUT2D eigenvalue weighted by Crippen LogP contribution is 2.20. The Labute approximate surface area is 131 Å². The lowest BCUT2D eigenvalue weighted by Gasteiger charge is -2.09. The number of benzene rings is 2. The van der Waals surface area contributed by atoms with Crippen LogP contribution in [0.2, 0.25) is 0 Å². The van der Waals surface area contributed by atoms with Crippen molar-refractivity contribution < 1.29 is 9.59 Å². The van der Waals surface area contributed by atoms with Crippen LogP contribution in [0.1, 0.15) is 22.8 Å². The van der Waals surface area contributed by atoms with Gasteiger partial charge in [0.15, 0.2) is 0 Å².